The fourth-order valence-electron chi connectivity index (χ4n) is 2.86. The van der Waals surface area contributed by atoms with Crippen LogP contribution >= 0.6 is 0 Å². The summed E-state index contributed by atoms with van der Waals surface area (Å²) in [6.07, 6.45) is 5.17. The number of nitrogens with zero attached hydrogens (tertiary/aromatic N) is 3. The molecule has 2 N–H and O–H groups in total. The number of likely N-dealkylation sites (tertiary alicyclic amines) is 1. The van der Waals surface area contributed by atoms with E-state index in [1.165, 1.54) is 12.8 Å². The van der Waals surface area contributed by atoms with Crippen molar-refractivity contribution < 1.29 is 8.94 Å². The largest absolute Gasteiger partial charge is 0.459 e. The van der Waals surface area contributed by atoms with E-state index in [0.717, 1.165) is 6.42 Å². The van der Waals surface area contributed by atoms with E-state index in [-0.39, 0.29) is 0 Å². The number of furan rings is 1. The molecule has 2 unspecified atom stereocenters. The first-order chi connectivity index (χ1) is 9.78. The van der Waals surface area contributed by atoms with Crippen LogP contribution in [-0.4, -0.2) is 33.7 Å². The van der Waals surface area contributed by atoms with Crippen LogP contribution in [-0.2, 0) is 6.54 Å². The number of hydrogen-bond acceptors (Lipinski definition) is 6. The average molecular weight is 276 g/mol. The lowest BCUT2D eigenvalue weighted by atomic mass is 9.96. The maximum absolute atomic E-state index is 5.87. The molecule has 0 amide bonds. The quantitative estimate of drug-likeness (QED) is 0.920. The van der Waals surface area contributed by atoms with Gasteiger partial charge in [0.15, 0.2) is 11.6 Å². The highest BCUT2D eigenvalue weighted by Crippen LogP contribution is 2.24. The predicted molar refractivity (Wildman–Crippen MR) is 73.7 cm³/mol. The lowest BCUT2D eigenvalue weighted by Crippen LogP contribution is -2.48. The first kappa shape index (κ1) is 13.3. The predicted octanol–water partition coefficient (Wildman–Crippen LogP) is 2.03. The van der Waals surface area contributed by atoms with Gasteiger partial charge >= 0.3 is 0 Å². The van der Waals surface area contributed by atoms with E-state index in [4.69, 9.17) is 14.7 Å². The molecular formula is C14H20N4O2. The van der Waals surface area contributed by atoms with Crippen LogP contribution in [0.2, 0.25) is 0 Å². The van der Waals surface area contributed by atoms with Gasteiger partial charge in [-0.15, -0.1) is 0 Å². The van der Waals surface area contributed by atoms with E-state index in [1.807, 2.05) is 6.07 Å². The Morgan fingerprint density at radius 3 is 3.10 bits per heavy atom. The van der Waals surface area contributed by atoms with Crippen LogP contribution in [0.3, 0.4) is 0 Å². The molecule has 1 fully saturated rings. The molecular weight excluding hydrogens is 256 g/mol. The Kier molecular flexibility index (Phi) is 3.84. The minimum atomic E-state index is 0.407. The van der Waals surface area contributed by atoms with Crippen molar-refractivity contribution in [3.8, 4) is 11.7 Å². The van der Waals surface area contributed by atoms with E-state index in [0.29, 0.717) is 42.6 Å². The standard InChI is InChI=1S/C14H20N4O2/c1-10-4-2-5-11(8-15)18(10)9-13-16-14(20-17-13)12-6-3-7-19-12/h3,6-7,10-11H,2,4-5,8-9,15H2,1H3. The molecule has 1 aliphatic heterocycles. The third-order valence-corrected chi connectivity index (χ3v) is 3.99. The van der Waals surface area contributed by atoms with E-state index >= 15 is 0 Å². The molecule has 6 nitrogen and oxygen atoms in total. The highest BCUT2D eigenvalue weighted by atomic mass is 16.5. The number of nitrogens with two attached hydrogens (primary N) is 1. The molecule has 0 saturated carbocycles. The Balaban J connectivity index is 1.73. The van der Waals surface area contributed by atoms with Crippen molar-refractivity contribution >= 4 is 0 Å². The third kappa shape index (κ3) is 2.62. The molecule has 0 bridgehead atoms. The zero-order valence-electron chi connectivity index (χ0n) is 11.7. The fraction of sp³-hybridized carbons (Fsp3) is 0.571. The molecule has 1 saturated heterocycles. The van der Waals surface area contributed by atoms with Gasteiger partial charge in [-0.05, 0) is 31.9 Å². The molecule has 0 radical (unpaired) electrons. The van der Waals surface area contributed by atoms with E-state index in [1.54, 1.807) is 12.3 Å². The smallest absolute Gasteiger partial charge is 0.293 e. The molecule has 1 aliphatic rings. The normalized spacial score (nSPS) is 24.1. The molecule has 2 aromatic heterocycles. The summed E-state index contributed by atoms with van der Waals surface area (Å²) >= 11 is 0. The Labute approximate surface area is 117 Å². The molecule has 2 aromatic rings. The summed E-state index contributed by atoms with van der Waals surface area (Å²) in [5.74, 6) is 1.72. The maximum Gasteiger partial charge on any atom is 0.293 e. The molecule has 0 spiro atoms. The molecule has 3 rings (SSSR count). The Morgan fingerprint density at radius 2 is 2.35 bits per heavy atom. The molecule has 20 heavy (non-hydrogen) atoms. The van der Waals surface area contributed by atoms with Crippen LogP contribution in [0, 0.1) is 0 Å². The van der Waals surface area contributed by atoms with Crippen LogP contribution in [0.1, 0.15) is 32.0 Å². The lowest BCUT2D eigenvalue weighted by Gasteiger charge is -2.39. The zero-order chi connectivity index (χ0) is 13.9. The van der Waals surface area contributed by atoms with Crippen molar-refractivity contribution in [2.75, 3.05) is 6.54 Å². The number of hydrogen-bond donors (Lipinski definition) is 1. The van der Waals surface area contributed by atoms with Gasteiger partial charge in [-0.1, -0.05) is 11.6 Å². The van der Waals surface area contributed by atoms with Gasteiger partial charge in [0.05, 0.1) is 12.8 Å². The third-order valence-electron chi connectivity index (χ3n) is 3.99. The van der Waals surface area contributed by atoms with Gasteiger partial charge in [-0.2, -0.15) is 4.98 Å². The minimum Gasteiger partial charge on any atom is -0.459 e. The Morgan fingerprint density at radius 1 is 1.45 bits per heavy atom. The first-order valence-corrected chi connectivity index (χ1v) is 7.10. The van der Waals surface area contributed by atoms with Crippen molar-refractivity contribution in [1.82, 2.24) is 15.0 Å². The second-order valence-electron chi connectivity index (χ2n) is 5.33. The van der Waals surface area contributed by atoms with Gasteiger partial charge in [0.25, 0.3) is 5.89 Å². The van der Waals surface area contributed by atoms with E-state index < -0.39 is 0 Å². The number of rotatable bonds is 4. The average Bonchev–Trinajstić information content (AvgIpc) is 3.11. The van der Waals surface area contributed by atoms with Gasteiger partial charge < -0.3 is 14.7 Å². The molecule has 3 heterocycles. The Bertz CT molecular complexity index is 537. The van der Waals surface area contributed by atoms with Gasteiger partial charge in [-0.3, -0.25) is 4.90 Å². The lowest BCUT2D eigenvalue weighted by molar-refractivity contribution is 0.0854. The Hall–Kier alpha value is -1.66. The van der Waals surface area contributed by atoms with Crippen LogP contribution in [0.25, 0.3) is 11.7 Å². The summed E-state index contributed by atoms with van der Waals surface area (Å²) in [7, 11) is 0. The van der Waals surface area contributed by atoms with Crippen LogP contribution in [0.5, 0.6) is 0 Å². The molecule has 0 aromatic carbocycles. The second-order valence-corrected chi connectivity index (χ2v) is 5.33. The number of aromatic nitrogens is 2. The second kappa shape index (κ2) is 5.76. The van der Waals surface area contributed by atoms with E-state index in [2.05, 4.69) is 22.0 Å². The van der Waals surface area contributed by atoms with Crippen molar-refractivity contribution in [3.05, 3.63) is 24.2 Å². The van der Waals surface area contributed by atoms with Crippen molar-refractivity contribution in [3.63, 3.8) is 0 Å². The van der Waals surface area contributed by atoms with Crippen molar-refractivity contribution in [2.45, 2.75) is 44.8 Å². The van der Waals surface area contributed by atoms with E-state index in [9.17, 15) is 0 Å². The summed E-state index contributed by atoms with van der Waals surface area (Å²) in [6, 6.07) is 4.52. The number of piperidine rings is 1. The first-order valence-electron chi connectivity index (χ1n) is 7.10. The summed E-state index contributed by atoms with van der Waals surface area (Å²) in [5, 5.41) is 4.04. The molecule has 2 atom stereocenters. The fourth-order valence-corrected chi connectivity index (χ4v) is 2.86. The molecule has 108 valence electrons. The minimum absolute atomic E-state index is 0.407. The van der Waals surface area contributed by atoms with Gasteiger partial charge in [-0.25, -0.2) is 0 Å². The molecule has 6 heteroatoms. The van der Waals surface area contributed by atoms with Crippen LogP contribution in [0.4, 0.5) is 0 Å². The summed E-state index contributed by atoms with van der Waals surface area (Å²) < 4.78 is 10.5. The van der Waals surface area contributed by atoms with Crippen LogP contribution in [0.15, 0.2) is 27.3 Å². The van der Waals surface area contributed by atoms with Crippen LogP contribution < -0.4 is 5.73 Å². The topological polar surface area (TPSA) is 81.3 Å². The zero-order valence-corrected chi connectivity index (χ0v) is 11.7. The van der Waals surface area contributed by atoms with Gasteiger partial charge in [0.2, 0.25) is 0 Å². The highest BCUT2D eigenvalue weighted by molar-refractivity contribution is 5.42. The highest BCUT2D eigenvalue weighted by Gasteiger charge is 2.28. The van der Waals surface area contributed by atoms with Gasteiger partial charge in [0.1, 0.15) is 0 Å². The van der Waals surface area contributed by atoms with Gasteiger partial charge in [0, 0.05) is 18.6 Å². The molecule has 0 aliphatic carbocycles. The summed E-state index contributed by atoms with van der Waals surface area (Å²) in [4.78, 5) is 6.77. The summed E-state index contributed by atoms with van der Waals surface area (Å²) in [5.41, 5.74) is 5.87. The maximum atomic E-state index is 5.87. The van der Waals surface area contributed by atoms with Crippen molar-refractivity contribution in [2.24, 2.45) is 5.73 Å². The van der Waals surface area contributed by atoms with Crippen molar-refractivity contribution in [1.29, 1.82) is 0 Å². The monoisotopic (exact) mass is 276 g/mol. The summed E-state index contributed by atoms with van der Waals surface area (Å²) in [6.45, 7) is 3.58. The SMILES string of the molecule is CC1CCCC(CN)N1Cc1noc(-c2ccco2)n1.